The molecule has 28 heavy (non-hydrogen) atoms. The predicted molar refractivity (Wildman–Crippen MR) is 106 cm³/mol. The zero-order valence-corrected chi connectivity index (χ0v) is 16.8. The van der Waals surface area contributed by atoms with E-state index >= 15 is 0 Å². The second-order valence-corrected chi connectivity index (χ2v) is 8.24. The Bertz CT molecular complexity index is 792. The maximum atomic E-state index is 11.9. The van der Waals surface area contributed by atoms with E-state index < -0.39 is 27.9 Å². The Hall–Kier alpha value is -1.77. The number of amides is 1. The maximum Gasteiger partial charge on any atom is 0.407 e. The smallest absolute Gasteiger partial charge is 0.407 e. The SMILES string of the molecule is O=C(NCCC(O)C(O)c1c[nH]c(C(=O)C(Cl)(Cl)Cl)c1)OCc1ccccc1. The lowest BCUT2D eigenvalue weighted by molar-refractivity contribution is 0.0137. The van der Waals surface area contributed by atoms with Gasteiger partial charge in [-0.15, -0.1) is 0 Å². The second-order valence-electron chi connectivity index (χ2n) is 5.96. The summed E-state index contributed by atoms with van der Waals surface area (Å²) in [6.07, 6.45) is -1.74. The Morgan fingerprint density at radius 3 is 2.50 bits per heavy atom. The topological polar surface area (TPSA) is 112 Å². The lowest BCUT2D eigenvalue weighted by atomic mass is 10.0. The Morgan fingerprint density at radius 2 is 1.86 bits per heavy atom. The molecule has 4 N–H and O–H groups in total. The van der Waals surface area contributed by atoms with Crippen LogP contribution in [0.1, 0.15) is 34.1 Å². The minimum Gasteiger partial charge on any atom is -0.445 e. The van der Waals surface area contributed by atoms with Crippen molar-refractivity contribution in [1.29, 1.82) is 0 Å². The molecule has 1 amide bonds. The van der Waals surface area contributed by atoms with Crippen LogP contribution in [-0.4, -0.2) is 43.5 Å². The van der Waals surface area contributed by atoms with Crippen molar-refractivity contribution in [3.05, 3.63) is 59.4 Å². The number of nitrogens with one attached hydrogen (secondary N) is 2. The number of alkyl carbamates (subject to hydrolysis) is 1. The predicted octanol–water partition coefficient (Wildman–Crippen LogP) is 3.28. The van der Waals surface area contributed by atoms with Gasteiger partial charge in [0.2, 0.25) is 5.78 Å². The third-order valence-electron chi connectivity index (χ3n) is 3.84. The molecule has 0 radical (unpaired) electrons. The van der Waals surface area contributed by atoms with Crippen molar-refractivity contribution < 1.29 is 24.5 Å². The number of aliphatic hydroxyl groups is 2. The number of carbonyl (C=O) groups excluding carboxylic acids is 2. The number of Topliss-reactive ketones (excluding diaryl/α,β-unsaturated/α-hetero) is 1. The lowest BCUT2D eigenvalue weighted by Crippen LogP contribution is -2.29. The molecule has 2 rings (SSSR count). The van der Waals surface area contributed by atoms with Crippen molar-refractivity contribution in [2.24, 2.45) is 0 Å². The number of ketones is 1. The number of aromatic nitrogens is 1. The molecule has 0 saturated heterocycles. The number of aliphatic hydroxyl groups excluding tert-OH is 2. The van der Waals surface area contributed by atoms with E-state index in [9.17, 15) is 19.8 Å². The third kappa shape index (κ3) is 6.68. The summed E-state index contributed by atoms with van der Waals surface area (Å²) in [5.74, 6) is -0.784. The highest BCUT2D eigenvalue weighted by molar-refractivity contribution is 6.77. The van der Waals surface area contributed by atoms with Crippen molar-refractivity contribution in [3.63, 3.8) is 0 Å². The summed E-state index contributed by atoms with van der Waals surface area (Å²) in [5, 5.41) is 22.7. The zero-order valence-electron chi connectivity index (χ0n) is 14.6. The van der Waals surface area contributed by atoms with E-state index in [0.717, 1.165) is 5.56 Å². The highest BCUT2D eigenvalue weighted by Gasteiger charge is 2.33. The number of alkyl halides is 3. The van der Waals surface area contributed by atoms with Crippen molar-refractivity contribution in [3.8, 4) is 0 Å². The van der Waals surface area contributed by atoms with Gasteiger partial charge in [0, 0.05) is 18.3 Å². The molecule has 1 heterocycles. The van der Waals surface area contributed by atoms with Crippen molar-refractivity contribution in [2.75, 3.05) is 6.54 Å². The first-order valence-electron chi connectivity index (χ1n) is 8.29. The van der Waals surface area contributed by atoms with E-state index in [1.54, 1.807) is 0 Å². The first-order chi connectivity index (χ1) is 13.2. The number of carbonyl (C=O) groups is 2. The van der Waals surface area contributed by atoms with Gasteiger partial charge in [0.15, 0.2) is 0 Å². The molecule has 0 aliphatic heterocycles. The second kappa shape index (κ2) is 10.1. The van der Waals surface area contributed by atoms with Crippen molar-refractivity contribution >= 4 is 46.7 Å². The summed E-state index contributed by atoms with van der Waals surface area (Å²) in [4.78, 5) is 26.1. The molecule has 0 bridgehead atoms. The number of hydrogen-bond donors (Lipinski definition) is 4. The molecule has 10 heteroatoms. The summed E-state index contributed by atoms with van der Waals surface area (Å²) < 4.78 is 2.91. The van der Waals surface area contributed by atoms with Gasteiger partial charge in [0.25, 0.3) is 3.79 Å². The number of H-pyrrole nitrogens is 1. The summed E-state index contributed by atoms with van der Waals surface area (Å²) in [7, 11) is 0. The Balaban J connectivity index is 1.76. The van der Waals surface area contributed by atoms with Gasteiger partial charge >= 0.3 is 6.09 Å². The molecule has 2 unspecified atom stereocenters. The van der Waals surface area contributed by atoms with Crippen LogP contribution in [0.25, 0.3) is 0 Å². The average Bonchev–Trinajstić information content (AvgIpc) is 3.15. The maximum absolute atomic E-state index is 11.9. The molecular weight excluding hydrogens is 431 g/mol. The summed E-state index contributed by atoms with van der Waals surface area (Å²) in [6.45, 7) is 0.206. The van der Waals surface area contributed by atoms with E-state index in [-0.39, 0.29) is 30.8 Å². The van der Waals surface area contributed by atoms with Gasteiger partial charge in [-0.05, 0) is 18.1 Å². The van der Waals surface area contributed by atoms with Gasteiger partial charge < -0.3 is 25.3 Å². The Labute approximate surface area is 176 Å². The quantitative estimate of drug-likeness (QED) is 0.365. The minimum absolute atomic E-state index is 0.0103. The molecule has 152 valence electrons. The highest BCUT2D eigenvalue weighted by Crippen LogP contribution is 2.31. The van der Waals surface area contributed by atoms with Crippen LogP contribution in [0.4, 0.5) is 4.79 Å². The van der Waals surface area contributed by atoms with E-state index in [4.69, 9.17) is 39.5 Å². The highest BCUT2D eigenvalue weighted by atomic mass is 35.6. The van der Waals surface area contributed by atoms with E-state index in [1.165, 1.54) is 12.3 Å². The fraction of sp³-hybridized carbons (Fsp3) is 0.333. The van der Waals surface area contributed by atoms with Crippen LogP contribution in [0.3, 0.4) is 0 Å². The lowest BCUT2D eigenvalue weighted by Gasteiger charge is -2.17. The molecular formula is C18H19Cl3N2O5. The van der Waals surface area contributed by atoms with E-state index in [1.807, 2.05) is 30.3 Å². The number of aromatic amines is 1. The van der Waals surface area contributed by atoms with Gasteiger partial charge in [0.05, 0.1) is 11.8 Å². The van der Waals surface area contributed by atoms with Gasteiger partial charge in [-0.3, -0.25) is 4.79 Å². The molecule has 0 spiro atoms. The van der Waals surface area contributed by atoms with Gasteiger partial charge in [-0.2, -0.15) is 0 Å². The number of halogens is 3. The van der Waals surface area contributed by atoms with Crippen LogP contribution in [0, 0.1) is 0 Å². The van der Waals surface area contributed by atoms with E-state index in [0.29, 0.717) is 0 Å². The first-order valence-corrected chi connectivity index (χ1v) is 9.42. The van der Waals surface area contributed by atoms with Crippen LogP contribution < -0.4 is 5.32 Å². The molecule has 7 nitrogen and oxygen atoms in total. The Morgan fingerprint density at radius 1 is 1.18 bits per heavy atom. The number of benzene rings is 1. The number of rotatable bonds is 8. The van der Waals surface area contributed by atoms with Gasteiger partial charge in [0.1, 0.15) is 12.7 Å². The minimum atomic E-state index is -2.13. The largest absolute Gasteiger partial charge is 0.445 e. The van der Waals surface area contributed by atoms with Crippen LogP contribution in [0.5, 0.6) is 0 Å². The average molecular weight is 450 g/mol. The van der Waals surface area contributed by atoms with Gasteiger partial charge in [-0.25, -0.2) is 4.79 Å². The van der Waals surface area contributed by atoms with Crippen molar-refractivity contribution in [2.45, 2.75) is 29.0 Å². The first kappa shape index (κ1) is 22.5. The molecule has 2 atom stereocenters. The summed E-state index contributed by atoms with van der Waals surface area (Å²) in [6, 6.07) is 10.5. The summed E-state index contributed by atoms with van der Waals surface area (Å²) in [5.41, 5.74) is 1.08. The molecule has 0 aliphatic carbocycles. The fourth-order valence-electron chi connectivity index (χ4n) is 2.34. The van der Waals surface area contributed by atoms with Crippen LogP contribution >= 0.6 is 34.8 Å². The van der Waals surface area contributed by atoms with E-state index in [2.05, 4.69) is 10.3 Å². The Kier molecular flexibility index (Phi) is 8.15. The monoisotopic (exact) mass is 448 g/mol. The molecule has 0 fully saturated rings. The molecule has 0 aliphatic rings. The standard InChI is InChI=1S/C18H19Cl3N2O5/c19-18(20,21)16(26)13-8-12(9-23-13)15(25)14(24)6-7-22-17(27)28-10-11-4-2-1-3-5-11/h1-5,8-9,14-15,23-25H,6-7,10H2,(H,22,27). The molecule has 2 aromatic rings. The number of hydrogen-bond acceptors (Lipinski definition) is 5. The molecule has 1 aromatic carbocycles. The van der Waals surface area contributed by atoms with Crippen LogP contribution in [0.2, 0.25) is 0 Å². The van der Waals surface area contributed by atoms with Crippen LogP contribution in [-0.2, 0) is 11.3 Å². The van der Waals surface area contributed by atoms with Crippen LogP contribution in [0.15, 0.2) is 42.6 Å². The molecule has 0 saturated carbocycles. The fourth-order valence-corrected chi connectivity index (χ4v) is 2.65. The van der Waals surface area contributed by atoms with Crippen molar-refractivity contribution in [1.82, 2.24) is 10.3 Å². The number of ether oxygens (including phenoxy) is 1. The van der Waals surface area contributed by atoms with Gasteiger partial charge in [-0.1, -0.05) is 65.1 Å². The zero-order chi connectivity index (χ0) is 20.7. The normalized spacial score (nSPS) is 13.6. The molecule has 1 aromatic heterocycles. The summed E-state index contributed by atoms with van der Waals surface area (Å²) >= 11 is 16.6. The third-order valence-corrected chi connectivity index (χ3v) is 4.35.